The monoisotopic (exact) mass is 356 g/mol. The van der Waals surface area contributed by atoms with Crippen molar-refractivity contribution in [1.82, 2.24) is 0 Å². The van der Waals surface area contributed by atoms with Crippen LogP contribution in [0.3, 0.4) is 0 Å². The van der Waals surface area contributed by atoms with E-state index in [9.17, 15) is 15.2 Å². The van der Waals surface area contributed by atoms with Crippen LogP contribution in [0, 0.1) is 18.3 Å². The Bertz CT molecular complexity index is 791. The average Bonchev–Trinajstić information content (AvgIpc) is 2.48. The van der Waals surface area contributed by atoms with Gasteiger partial charge < -0.3 is 10.4 Å². The Kier molecular flexibility index (Phi) is 4.97. The molecule has 2 rings (SSSR count). The molecule has 0 atom stereocenters. The van der Waals surface area contributed by atoms with Crippen molar-refractivity contribution in [3.05, 3.63) is 63.6 Å². The molecule has 0 unspecified atom stereocenters. The molecule has 0 saturated heterocycles. The standard InChI is InChI=1S/C17H13BrN2O2/c1-11-3-2-4-14(7-11)20-17(22)13(10-19)8-12-5-6-16(21)15(18)9-12/h2-9,21H,1H3,(H,20,22)/b13-8-. The Hall–Kier alpha value is -2.58. The van der Waals surface area contributed by atoms with Crippen LogP contribution in [0.1, 0.15) is 11.1 Å². The fourth-order valence-corrected chi connectivity index (χ4v) is 2.25. The van der Waals surface area contributed by atoms with Crippen molar-refractivity contribution < 1.29 is 9.90 Å². The van der Waals surface area contributed by atoms with Gasteiger partial charge in [0.15, 0.2) is 0 Å². The van der Waals surface area contributed by atoms with E-state index in [0.29, 0.717) is 15.7 Å². The van der Waals surface area contributed by atoms with Crippen LogP contribution in [0.5, 0.6) is 5.75 Å². The zero-order valence-electron chi connectivity index (χ0n) is 11.8. The van der Waals surface area contributed by atoms with E-state index < -0.39 is 5.91 Å². The van der Waals surface area contributed by atoms with E-state index in [1.807, 2.05) is 31.2 Å². The molecule has 0 aliphatic rings. The Balaban J connectivity index is 2.23. The van der Waals surface area contributed by atoms with E-state index in [-0.39, 0.29) is 11.3 Å². The van der Waals surface area contributed by atoms with Gasteiger partial charge >= 0.3 is 0 Å². The molecule has 0 fully saturated rings. The van der Waals surface area contributed by atoms with Gasteiger partial charge in [0.25, 0.3) is 5.91 Å². The molecule has 5 heteroatoms. The van der Waals surface area contributed by atoms with Crippen molar-refractivity contribution >= 4 is 33.6 Å². The summed E-state index contributed by atoms with van der Waals surface area (Å²) in [5.41, 5.74) is 2.28. The summed E-state index contributed by atoms with van der Waals surface area (Å²) in [7, 11) is 0. The van der Waals surface area contributed by atoms with Crippen LogP contribution in [0.4, 0.5) is 5.69 Å². The van der Waals surface area contributed by atoms with Crippen LogP contribution in [-0.4, -0.2) is 11.0 Å². The molecule has 110 valence electrons. The second-order valence-electron chi connectivity index (χ2n) is 4.70. The molecular weight excluding hydrogens is 344 g/mol. The second-order valence-corrected chi connectivity index (χ2v) is 5.56. The topological polar surface area (TPSA) is 73.1 Å². The molecule has 1 amide bonds. The first-order valence-corrected chi connectivity index (χ1v) is 7.27. The third-order valence-electron chi connectivity index (χ3n) is 2.92. The number of phenolic OH excluding ortho intramolecular Hbond substituents is 1. The number of phenols is 1. The summed E-state index contributed by atoms with van der Waals surface area (Å²) < 4.78 is 0.498. The molecule has 0 saturated carbocycles. The van der Waals surface area contributed by atoms with Gasteiger partial charge in [-0.05, 0) is 64.3 Å². The lowest BCUT2D eigenvalue weighted by Gasteiger charge is -2.05. The Morgan fingerprint density at radius 1 is 1.32 bits per heavy atom. The molecule has 0 radical (unpaired) electrons. The normalized spacial score (nSPS) is 10.9. The molecule has 4 nitrogen and oxygen atoms in total. The minimum Gasteiger partial charge on any atom is -0.507 e. The van der Waals surface area contributed by atoms with Crippen LogP contribution in [0.15, 0.2) is 52.5 Å². The number of aromatic hydroxyl groups is 1. The zero-order chi connectivity index (χ0) is 16.1. The number of nitrogens with one attached hydrogen (secondary N) is 1. The largest absolute Gasteiger partial charge is 0.507 e. The molecule has 2 N–H and O–H groups in total. The first kappa shape index (κ1) is 15.8. The minimum atomic E-state index is -0.475. The number of hydrogen-bond acceptors (Lipinski definition) is 3. The summed E-state index contributed by atoms with van der Waals surface area (Å²) in [5, 5.41) is 21.3. The quantitative estimate of drug-likeness (QED) is 0.644. The fourth-order valence-electron chi connectivity index (χ4n) is 1.85. The number of nitrogens with zero attached hydrogens (tertiary/aromatic N) is 1. The lowest BCUT2D eigenvalue weighted by atomic mass is 10.1. The summed E-state index contributed by atoms with van der Waals surface area (Å²) >= 11 is 3.19. The number of amides is 1. The van der Waals surface area contributed by atoms with Gasteiger partial charge in [-0.2, -0.15) is 5.26 Å². The third kappa shape index (κ3) is 3.96. The number of carbonyl (C=O) groups is 1. The molecule has 2 aromatic carbocycles. The van der Waals surface area contributed by atoms with Gasteiger partial charge in [0.1, 0.15) is 17.4 Å². The van der Waals surface area contributed by atoms with Gasteiger partial charge in [-0.3, -0.25) is 4.79 Å². The number of hydrogen-bond donors (Lipinski definition) is 2. The predicted octanol–water partition coefficient (Wildman–Crippen LogP) is 4.01. The van der Waals surface area contributed by atoms with Crippen LogP contribution < -0.4 is 5.32 Å². The van der Waals surface area contributed by atoms with Crippen molar-refractivity contribution in [2.45, 2.75) is 6.92 Å². The molecule has 0 spiro atoms. The zero-order valence-corrected chi connectivity index (χ0v) is 13.4. The number of benzene rings is 2. The Morgan fingerprint density at radius 2 is 2.09 bits per heavy atom. The fraction of sp³-hybridized carbons (Fsp3) is 0.0588. The number of nitriles is 1. The van der Waals surface area contributed by atoms with E-state index in [4.69, 9.17) is 0 Å². The highest BCUT2D eigenvalue weighted by Gasteiger charge is 2.10. The van der Waals surface area contributed by atoms with Gasteiger partial charge in [-0.25, -0.2) is 0 Å². The Labute approximate surface area is 136 Å². The SMILES string of the molecule is Cc1cccc(NC(=O)/C(C#N)=C\c2ccc(O)c(Br)c2)c1. The molecular formula is C17H13BrN2O2. The van der Waals surface area contributed by atoms with Crippen LogP contribution in [-0.2, 0) is 4.79 Å². The summed E-state index contributed by atoms with van der Waals surface area (Å²) in [6, 6.07) is 14.0. The summed E-state index contributed by atoms with van der Waals surface area (Å²) in [6.07, 6.45) is 1.47. The number of carbonyl (C=O) groups excluding carboxylic acids is 1. The van der Waals surface area contributed by atoms with Crippen LogP contribution >= 0.6 is 15.9 Å². The molecule has 22 heavy (non-hydrogen) atoms. The highest BCUT2D eigenvalue weighted by Crippen LogP contribution is 2.25. The van der Waals surface area contributed by atoms with Gasteiger partial charge in [0.05, 0.1) is 4.47 Å². The van der Waals surface area contributed by atoms with E-state index in [1.54, 1.807) is 18.2 Å². The number of aryl methyl sites for hydroxylation is 1. The molecule has 0 aliphatic heterocycles. The Morgan fingerprint density at radius 3 is 2.73 bits per heavy atom. The van der Waals surface area contributed by atoms with E-state index in [2.05, 4.69) is 21.2 Å². The summed E-state index contributed by atoms with van der Waals surface area (Å²) in [4.78, 5) is 12.1. The molecule has 0 aliphatic carbocycles. The highest BCUT2D eigenvalue weighted by atomic mass is 79.9. The number of halogens is 1. The van der Waals surface area contributed by atoms with Crippen LogP contribution in [0.25, 0.3) is 6.08 Å². The van der Waals surface area contributed by atoms with Gasteiger partial charge in [-0.15, -0.1) is 0 Å². The molecule has 0 aromatic heterocycles. The molecule has 2 aromatic rings. The maximum absolute atomic E-state index is 12.1. The first-order valence-electron chi connectivity index (χ1n) is 6.48. The molecule has 0 heterocycles. The van der Waals surface area contributed by atoms with Crippen molar-refractivity contribution in [2.24, 2.45) is 0 Å². The van der Waals surface area contributed by atoms with Gasteiger partial charge in [0.2, 0.25) is 0 Å². The van der Waals surface area contributed by atoms with Crippen LogP contribution in [0.2, 0.25) is 0 Å². The van der Waals surface area contributed by atoms with E-state index in [0.717, 1.165) is 5.56 Å². The average molecular weight is 357 g/mol. The van der Waals surface area contributed by atoms with Crippen molar-refractivity contribution in [3.63, 3.8) is 0 Å². The van der Waals surface area contributed by atoms with Crippen molar-refractivity contribution in [2.75, 3.05) is 5.32 Å². The number of rotatable bonds is 3. The maximum atomic E-state index is 12.1. The summed E-state index contributed by atoms with van der Waals surface area (Å²) in [6.45, 7) is 1.92. The second kappa shape index (κ2) is 6.92. The maximum Gasteiger partial charge on any atom is 0.266 e. The predicted molar refractivity (Wildman–Crippen MR) is 89.2 cm³/mol. The van der Waals surface area contributed by atoms with Gasteiger partial charge in [-0.1, -0.05) is 18.2 Å². The highest BCUT2D eigenvalue weighted by molar-refractivity contribution is 9.10. The van der Waals surface area contributed by atoms with Crippen molar-refractivity contribution in [1.29, 1.82) is 5.26 Å². The van der Waals surface area contributed by atoms with E-state index in [1.165, 1.54) is 12.1 Å². The first-order chi connectivity index (χ1) is 10.5. The smallest absolute Gasteiger partial charge is 0.266 e. The third-order valence-corrected chi connectivity index (χ3v) is 3.56. The van der Waals surface area contributed by atoms with E-state index >= 15 is 0 Å². The van der Waals surface area contributed by atoms with Gasteiger partial charge in [0, 0.05) is 5.69 Å². The molecule has 0 bridgehead atoms. The van der Waals surface area contributed by atoms with Crippen molar-refractivity contribution in [3.8, 4) is 11.8 Å². The lowest BCUT2D eigenvalue weighted by molar-refractivity contribution is -0.112. The lowest BCUT2D eigenvalue weighted by Crippen LogP contribution is -2.13. The minimum absolute atomic E-state index is 0.0147. The number of anilines is 1. The summed E-state index contributed by atoms with van der Waals surface area (Å²) in [5.74, 6) is -0.378.